The number of anilines is 2. The zero-order valence-corrected chi connectivity index (χ0v) is 11.0. The molecule has 2 aromatic rings. The molecule has 2 aromatic carbocycles. The first kappa shape index (κ1) is 12.3. The van der Waals surface area contributed by atoms with Crippen LogP contribution in [0.5, 0.6) is 0 Å². The van der Waals surface area contributed by atoms with Gasteiger partial charge in [0.2, 0.25) is 0 Å². The van der Waals surface area contributed by atoms with E-state index >= 15 is 0 Å². The number of halogens is 2. The number of benzene rings is 2. The Kier molecular flexibility index (Phi) is 3.93. The zero-order valence-electron chi connectivity index (χ0n) is 9.50. The Balaban J connectivity index is 2.24. The molecule has 0 amide bonds. The Morgan fingerprint density at radius 1 is 0.941 bits per heavy atom. The maximum atomic E-state index is 5.95. The van der Waals surface area contributed by atoms with Crippen molar-refractivity contribution >= 4 is 34.6 Å². The first-order valence-electron chi connectivity index (χ1n) is 5.49. The second kappa shape index (κ2) is 5.44. The van der Waals surface area contributed by atoms with Crippen molar-refractivity contribution < 1.29 is 0 Å². The van der Waals surface area contributed by atoms with Crippen molar-refractivity contribution in [1.82, 2.24) is 0 Å². The number of rotatable bonds is 3. The molecule has 0 spiro atoms. The van der Waals surface area contributed by atoms with Crippen LogP contribution in [0.1, 0.15) is 12.5 Å². The minimum absolute atomic E-state index is 0.631. The highest BCUT2D eigenvalue weighted by Crippen LogP contribution is 2.25. The van der Waals surface area contributed by atoms with Gasteiger partial charge < -0.3 is 5.32 Å². The van der Waals surface area contributed by atoms with E-state index in [1.165, 1.54) is 5.56 Å². The van der Waals surface area contributed by atoms with Gasteiger partial charge in [-0.05, 0) is 42.3 Å². The van der Waals surface area contributed by atoms with E-state index in [4.69, 9.17) is 23.2 Å². The van der Waals surface area contributed by atoms with E-state index < -0.39 is 0 Å². The van der Waals surface area contributed by atoms with Crippen LogP contribution in [0, 0.1) is 0 Å². The summed E-state index contributed by atoms with van der Waals surface area (Å²) in [5, 5.41) is 4.55. The predicted octanol–water partition coefficient (Wildman–Crippen LogP) is 5.30. The first-order chi connectivity index (χ1) is 8.17. The molecule has 0 bridgehead atoms. The van der Waals surface area contributed by atoms with E-state index in [2.05, 4.69) is 24.4 Å². The summed E-state index contributed by atoms with van der Waals surface area (Å²) in [7, 11) is 0. The first-order valence-corrected chi connectivity index (χ1v) is 6.25. The van der Waals surface area contributed by atoms with E-state index in [1.54, 1.807) is 6.07 Å². The van der Waals surface area contributed by atoms with E-state index in [9.17, 15) is 0 Å². The molecule has 0 atom stereocenters. The van der Waals surface area contributed by atoms with Gasteiger partial charge in [0.25, 0.3) is 0 Å². The van der Waals surface area contributed by atoms with Gasteiger partial charge in [-0.1, -0.05) is 42.3 Å². The Morgan fingerprint density at radius 2 is 1.65 bits per heavy atom. The van der Waals surface area contributed by atoms with Crippen LogP contribution >= 0.6 is 23.2 Å². The maximum Gasteiger partial charge on any atom is 0.0441 e. The molecule has 0 saturated carbocycles. The third-order valence-corrected chi connectivity index (χ3v) is 2.92. The largest absolute Gasteiger partial charge is 0.355 e. The van der Waals surface area contributed by atoms with Crippen LogP contribution in [0.25, 0.3) is 0 Å². The van der Waals surface area contributed by atoms with Crippen molar-refractivity contribution in [2.45, 2.75) is 13.3 Å². The summed E-state index contributed by atoms with van der Waals surface area (Å²) in [5.41, 5.74) is 3.24. The van der Waals surface area contributed by atoms with Crippen LogP contribution in [0.3, 0.4) is 0 Å². The van der Waals surface area contributed by atoms with Crippen LogP contribution < -0.4 is 5.32 Å². The summed E-state index contributed by atoms with van der Waals surface area (Å²) in [6.45, 7) is 2.13. The molecule has 0 heterocycles. The zero-order chi connectivity index (χ0) is 12.3. The SMILES string of the molecule is CCc1cccc(Nc2cc(Cl)cc(Cl)c2)c1. The number of aryl methyl sites for hydroxylation is 1. The number of hydrogen-bond donors (Lipinski definition) is 1. The van der Waals surface area contributed by atoms with Gasteiger partial charge in [0, 0.05) is 21.4 Å². The van der Waals surface area contributed by atoms with Crippen LogP contribution in [0.4, 0.5) is 11.4 Å². The highest BCUT2D eigenvalue weighted by molar-refractivity contribution is 6.35. The second-order valence-corrected chi connectivity index (χ2v) is 4.71. The molecule has 17 heavy (non-hydrogen) atoms. The minimum Gasteiger partial charge on any atom is -0.355 e. The Labute approximate surface area is 111 Å². The molecule has 0 aromatic heterocycles. The fourth-order valence-corrected chi connectivity index (χ4v) is 2.19. The van der Waals surface area contributed by atoms with Crippen LogP contribution in [-0.4, -0.2) is 0 Å². The molecule has 88 valence electrons. The smallest absolute Gasteiger partial charge is 0.0441 e. The van der Waals surface area contributed by atoms with Crippen LogP contribution in [-0.2, 0) is 6.42 Å². The average Bonchev–Trinajstić information content (AvgIpc) is 2.28. The van der Waals surface area contributed by atoms with Gasteiger partial charge in [-0.3, -0.25) is 0 Å². The normalized spacial score (nSPS) is 10.3. The fraction of sp³-hybridized carbons (Fsp3) is 0.143. The van der Waals surface area contributed by atoms with Crippen molar-refractivity contribution in [2.24, 2.45) is 0 Å². The van der Waals surface area contributed by atoms with Crippen molar-refractivity contribution in [1.29, 1.82) is 0 Å². The van der Waals surface area contributed by atoms with E-state index in [-0.39, 0.29) is 0 Å². The maximum absolute atomic E-state index is 5.95. The molecule has 0 aliphatic rings. The molecule has 0 saturated heterocycles. The molecule has 0 fully saturated rings. The third kappa shape index (κ3) is 3.39. The van der Waals surface area contributed by atoms with Crippen molar-refractivity contribution in [2.75, 3.05) is 5.32 Å². The van der Waals surface area contributed by atoms with E-state index in [0.29, 0.717) is 10.0 Å². The summed E-state index contributed by atoms with van der Waals surface area (Å²) in [4.78, 5) is 0. The molecule has 1 nitrogen and oxygen atoms in total. The lowest BCUT2D eigenvalue weighted by Gasteiger charge is -2.08. The summed E-state index contributed by atoms with van der Waals surface area (Å²) in [6.07, 6.45) is 1.02. The third-order valence-electron chi connectivity index (χ3n) is 2.49. The summed E-state index contributed by atoms with van der Waals surface area (Å²) >= 11 is 11.9. The molecule has 0 aliphatic carbocycles. The van der Waals surface area contributed by atoms with Gasteiger partial charge in [-0.15, -0.1) is 0 Å². The van der Waals surface area contributed by atoms with Crippen molar-refractivity contribution in [3.63, 3.8) is 0 Å². The molecule has 0 aliphatic heterocycles. The standard InChI is InChI=1S/C14H13Cl2N/c1-2-10-4-3-5-13(6-10)17-14-8-11(15)7-12(16)9-14/h3-9,17H,2H2,1H3. The highest BCUT2D eigenvalue weighted by atomic mass is 35.5. The topological polar surface area (TPSA) is 12.0 Å². The molecular weight excluding hydrogens is 253 g/mol. The molecule has 3 heteroatoms. The summed E-state index contributed by atoms with van der Waals surface area (Å²) in [5.74, 6) is 0. The lowest BCUT2D eigenvalue weighted by molar-refractivity contribution is 1.14. The van der Waals surface area contributed by atoms with Crippen molar-refractivity contribution in [3.8, 4) is 0 Å². The number of nitrogens with one attached hydrogen (secondary N) is 1. The summed E-state index contributed by atoms with van der Waals surface area (Å²) < 4.78 is 0. The minimum atomic E-state index is 0.631. The monoisotopic (exact) mass is 265 g/mol. The van der Waals surface area contributed by atoms with Crippen LogP contribution in [0.2, 0.25) is 10.0 Å². The molecule has 2 rings (SSSR count). The van der Waals surface area contributed by atoms with E-state index in [1.807, 2.05) is 24.3 Å². The quantitative estimate of drug-likeness (QED) is 0.794. The Morgan fingerprint density at radius 3 is 2.29 bits per heavy atom. The molecule has 0 unspecified atom stereocenters. The highest BCUT2D eigenvalue weighted by Gasteiger charge is 1.99. The Bertz CT molecular complexity index is 503. The number of hydrogen-bond acceptors (Lipinski definition) is 1. The van der Waals surface area contributed by atoms with Gasteiger partial charge in [-0.25, -0.2) is 0 Å². The van der Waals surface area contributed by atoms with Crippen molar-refractivity contribution in [3.05, 3.63) is 58.1 Å². The van der Waals surface area contributed by atoms with Gasteiger partial charge in [0.1, 0.15) is 0 Å². The second-order valence-electron chi connectivity index (χ2n) is 3.84. The van der Waals surface area contributed by atoms with Crippen LogP contribution in [0.15, 0.2) is 42.5 Å². The Hall–Kier alpha value is -1.18. The average molecular weight is 266 g/mol. The molecule has 0 radical (unpaired) electrons. The van der Waals surface area contributed by atoms with Gasteiger partial charge in [-0.2, -0.15) is 0 Å². The fourth-order valence-electron chi connectivity index (χ4n) is 1.66. The van der Waals surface area contributed by atoms with Gasteiger partial charge >= 0.3 is 0 Å². The predicted molar refractivity (Wildman–Crippen MR) is 75.6 cm³/mol. The summed E-state index contributed by atoms with van der Waals surface area (Å²) in [6, 6.07) is 13.7. The lowest BCUT2D eigenvalue weighted by atomic mass is 10.1. The lowest BCUT2D eigenvalue weighted by Crippen LogP contribution is -1.91. The molecule has 1 N–H and O–H groups in total. The van der Waals surface area contributed by atoms with Gasteiger partial charge in [0.05, 0.1) is 0 Å². The molecular formula is C14H13Cl2N. The van der Waals surface area contributed by atoms with Gasteiger partial charge in [0.15, 0.2) is 0 Å². The van der Waals surface area contributed by atoms with E-state index in [0.717, 1.165) is 17.8 Å².